The zero-order valence-corrected chi connectivity index (χ0v) is 9.62. The summed E-state index contributed by atoms with van der Waals surface area (Å²) in [6.45, 7) is 4.07. The van der Waals surface area contributed by atoms with Gasteiger partial charge in [0.15, 0.2) is 0 Å². The van der Waals surface area contributed by atoms with Gasteiger partial charge < -0.3 is 4.74 Å². The second-order valence-corrected chi connectivity index (χ2v) is 3.82. The Kier molecular flexibility index (Phi) is 4.35. The highest BCUT2D eigenvalue weighted by Gasteiger charge is 2.16. The molecule has 0 aliphatic carbocycles. The van der Waals surface area contributed by atoms with E-state index >= 15 is 0 Å². The Hall–Kier alpha value is -1.31. The van der Waals surface area contributed by atoms with Gasteiger partial charge in [-0.05, 0) is 25.3 Å². The zero-order valence-electron chi connectivity index (χ0n) is 9.62. The van der Waals surface area contributed by atoms with Crippen LogP contribution in [0, 0.1) is 12.8 Å². The van der Waals surface area contributed by atoms with Gasteiger partial charge in [0.25, 0.3) is 0 Å². The van der Waals surface area contributed by atoms with Gasteiger partial charge in [-0.1, -0.05) is 36.8 Å². The van der Waals surface area contributed by atoms with Crippen molar-refractivity contribution in [3.8, 4) is 0 Å². The van der Waals surface area contributed by atoms with Crippen molar-refractivity contribution in [3.63, 3.8) is 0 Å². The van der Waals surface area contributed by atoms with Gasteiger partial charge in [0.1, 0.15) is 0 Å². The van der Waals surface area contributed by atoms with Crippen LogP contribution in [-0.2, 0) is 16.0 Å². The monoisotopic (exact) mass is 206 g/mol. The summed E-state index contributed by atoms with van der Waals surface area (Å²) < 4.78 is 4.76. The van der Waals surface area contributed by atoms with Crippen molar-refractivity contribution < 1.29 is 9.53 Å². The fourth-order valence-electron chi connectivity index (χ4n) is 1.57. The summed E-state index contributed by atoms with van der Waals surface area (Å²) in [4.78, 5) is 11.4. The topological polar surface area (TPSA) is 26.3 Å². The molecule has 0 N–H and O–H groups in total. The van der Waals surface area contributed by atoms with E-state index in [1.54, 1.807) is 0 Å². The third kappa shape index (κ3) is 3.39. The molecule has 0 radical (unpaired) electrons. The predicted molar refractivity (Wildman–Crippen MR) is 60.7 cm³/mol. The molecule has 2 nitrogen and oxygen atoms in total. The van der Waals surface area contributed by atoms with Crippen LogP contribution >= 0.6 is 0 Å². The maximum absolute atomic E-state index is 11.4. The molecule has 0 aromatic heterocycles. The van der Waals surface area contributed by atoms with Crippen LogP contribution < -0.4 is 0 Å². The van der Waals surface area contributed by atoms with Crippen LogP contribution in [0.3, 0.4) is 0 Å². The molecule has 82 valence electrons. The molecule has 0 spiro atoms. The third-order valence-electron chi connectivity index (χ3n) is 2.63. The van der Waals surface area contributed by atoms with Gasteiger partial charge in [0.2, 0.25) is 0 Å². The molecule has 1 rings (SSSR count). The van der Waals surface area contributed by atoms with E-state index in [4.69, 9.17) is 4.74 Å². The first-order chi connectivity index (χ1) is 7.17. The quantitative estimate of drug-likeness (QED) is 0.708. The SMILES string of the molecule is CCC(Cc1ccc(C)cc1)C(=O)OC. The van der Waals surface area contributed by atoms with Gasteiger partial charge >= 0.3 is 5.97 Å². The standard InChI is InChI=1S/C13H18O2/c1-4-12(13(14)15-3)9-11-7-5-10(2)6-8-11/h5-8,12H,4,9H2,1-3H3. The molecule has 0 heterocycles. The van der Waals surface area contributed by atoms with E-state index < -0.39 is 0 Å². The summed E-state index contributed by atoms with van der Waals surface area (Å²) in [5.41, 5.74) is 2.43. The first-order valence-corrected chi connectivity index (χ1v) is 5.30. The Morgan fingerprint density at radius 1 is 1.33 bits per heavy atom. The molecular formula is C13H18O2. The van der Waals surface area contributed by atoms with Gasteiger partial charge in [-0.3, -0.25) is 4.79 Å². The fourth-order valence-corrected chi connectivity index (χ4v) is 1.57. The van der Waals surface area contributed by atoms with Crippen molar-refractivity contribution in [1.82, 2.24) is 0 Å². The molecule has 1 unspecified atom stereocenters. The van der Waals surface area contributed by atoms with Crippen LogP contribution in [0.25, 0.3) is 0 Å². The normalized spacial score (nSPS) is 12.2. The van der Waals surface area contributed by atoms with Crippen molar-refractivity contribution >= 4 is 5.97 Å². The lowest BCUT2D eigenvalue weighted by atomic mass is 9.96. The molecule has 1 aromatic carbocycles. The van der Waals surface area contributed by atoms with Crippen molar-refractivity contribution in [2.45, 2.75) is 26.7 Å². The smallest absolute Gasteiger partial charge is 0.308 e. The van der Waals surface area contributed by atoms with Crippen molar-refractivity contribution in [2.75, 3.05) is 7.11 Å². The molecule has 0 saturated heterocycles. The minimum Gasteiger partial charge on any atom is -0.469 e. The van der Waals surface area contributed by atoms with Gasteiger partial charge in [-0.15, -0.1) is 0 Å². The number of esters is 1. The predicted octanol–water partition coefficient (Wildman–Crippen LogP) is 2.74. The van der Waals surface area contributed by atoms with Gasteiger partial charge in [-0.2, -0.15) is 0 Å². The summed E-state index contributed by atoms with van der Waals surface area (Å²) in [6, 6.07) is 8.28. The number of methoxy groups -OCH3 is 1. The van der Waals surface area contributed by atoms with Gasteiger partial charge in [-0.25, -0.2) is 0 Å². The molecule has 15 heavy (non-hydrogen) atoms. The van der Waals surface area contributed by atoms with Crippen LogP contribution in [0.4, 0.5) is 0 Å². The number of carbonyl (C=O) groups is 1. The summed E-state index contributed by atoms with van der Waals surface area (Å²) in [7, 11) is 1.44. The lowest BCUT2D eigenvalue weighted by molar-refractivity contribution is -0.145. The van der Waals surface area contributed by atoms with Crippen molar-refractivity contribution in [3.05, 3.63) is 35.4 Å². The lowest BCUT2D eigenvalue weighted by Gasteiger charge is -2.12. The Morgan fingerprint density at radius 2 is 1.93 bits per heavy atom. The molecule has 0 aliphatic heterocycles. The third-order valence-corrected chi connectivity index (χ3v) is 2.63. The van der Waals surface area contributed by atoms with E-state index in [9.17, 15) is 4.79 Å². The van der Waals surface area contributed by atoms with E-state index in [2.05, 4.69) is 31.2 Å². The number of aryl methyl sites for hydroxylation is 1. The minimum atomic E-state index is -0.113. The first-order valence-electron chi connectivity index (χ1n) is 5.30. The highest BCUT2D eigenvalue weighted by molar-refractivity contribution is 5.72. The molecule has 0 aliphatic rings. The second-order valence-electron chi connectivity index (χ2n) is 3.82. The first kappa shape index (κ1) is 11.8. The molecule has 2 heteroatoms. The average Bonchev–Trinajstić information content (AvgIpc) is 2.27. The van der Waals surface area contributed by atoms with E-state index in [1.807, 2.05) is 6.92 Å². The summed E-state index contributed by atoms with van der Waals surface area (Å²) in [6.07, 6.45) is 1.59. The summed E-state index contributed by atoms with van der Waals surface area (Å²) >= 11 is 0. The molecule has 1 atom stereocenters. The maximum Gasteiger partial charge on any atom is 0.308 e. The van der Waals surface area contributed by atoms with Crippen LogP contribution in [0.2, 0.25) is 0 Å². The Balaban J connectivity index is 2.66. The van der Waals surface area contributed by atoms with Crippen LogP contribution in [-0.4, -0.2) is 13.1 Å². The Labute approximate surface area is 91.3 Å². The largest absolute Gasteiger partial charge is 0.469 e. The van der Waals surface area contributed by atoms with E-state index in [0.29, 0.717) is 0 Å². The molecular weight excluding hydrogens is 188 g/mol. The zero-order chi connectivity index (χ0) is 11.3. The maximum atomic E-state index is 11.4. The molecule has 1 aromatic rings. The fraction of sp³-hybridized carbons (Fsp3) is 0.462. The van der Waals surface area contributed by atoms with Crippen molar-refractivity contribution in [2.24, 2.45) is 5.92 Å². The second kappa shape index (κ2) is 5.54. The molecule has 0 bridgehead atoms. The highest BCUT2D eigenvalue weighted by Crippen LogP contribution is 2.14. The summed E-state index contributed by atoms with van der Waals surface area (Å²) in [5, 5.41) is 0. The number of rotatable bonds is 4. The lowest BCUT2D eigenvalue weighted by Crippen LogP contribution is -2.17. The number of benzene rings is 1. The molecule has 0 fully saturated rings. The van der Waals surface area contributed by atoms with E-state index in [1.165, 1.54) is 18.2 Å². The van der Waals surface area contributed by atoms with Gasteiger partial charge in [0, 0.05) is 0 Å². The number of hydrogen-bond acceptors (Lipinski definition) is 2. The Bertz CT molecular complexity index is 314. The van der Waals surface area contributed by atoms with Crippen molar-refractivity contribution in [1.29, 1.82) is 0 Å². The number of hydrogen-bond donors (Lipinski definition) is 0. The van der Waals surface area contributed by atoms with Crippen LogP contribution in [0.15, 0.2) is 24.3 Å². The molecule has 0 amide bonds. The number of ether oxygens (including phenoxy) is 1. The Morgan fingerprint density at radius 3 is 2.40 bits per heavy atom. The van der Waals surface area contributed by atoms with Gasteiger partial charge in [0.05, 0.1) is 13.0 Å². The van der Waals surface area contributed by atoms with Crippen LogP contribution in [0.5, 0.6) is 0 Å². The minimum absolute atomic E-state index is 0.0160. The average molecular weight is 206 g/mol. The van der Waals surface area contributed by atoms with Crippen LogP contribution in [0.1, 0.15) is 24.5 Å². The van der Waals surface area contributed by atoms with E-state index in [-0.39, 0.29) is 11.9 Å². The summed E-state index contributed by atoms with van der Waals surface area (Å²) in [5.74, 6) is -0.129. The molecule has 0 saturated carbocycles. The highest BCUT2D eigenvalue weighted by atomic mass is 16.5. The number of carbonyl (C=O) groups excluding carboxylic acids is 1. The van der Waals surface area contributed by atoms with E-state index in [0.717, 1.165) is 12.8 Å².